The van der Waals surface area contributed by atoms with Crippen LogP contribution in [0.2, 0.25) is 0 Å². The molecule has 0 aromatic rings. The van der Waals surface area contributed by atoms with E-state index in [1.807, 2.05) is 13.8 Å². The summed E-state index contributed by atoms with van der Waals surface area (Å²) >= 11 is 0. The van der Waals surface area contributed by atoms with Gasteiger partial charge in [-0.1, -0.05) is 32.9 Å². The minimum absolute atomic E-state index is 0.0163. The first-order valence-electron chi connectivity index (χ1n) is 7.12. The highest BCUT2D eigenvalue weighted by Gasteiger charge is 2.53. The van der Waals surface area contributed by atoms with Gasteiger partial charge >= 0.3 is 0 Å². The molecule has 3 heterocycles. The minimum Gasteiger partial charge on any atom is -0.344 e. The van der Waals surface area contributed by atoms with Gasteiger partial charge in [0.15, 0.2) is 5.79 Å². The summed E-state index contributed by atoms with van der Waals surface area (Å²) in [5, 5.41) is 0. The molecule has 4 heteroatoms. The Kier molecular flexibility index (Phi) is 3.06. The molecule has 3 aliphatic heterocycles. The molecule has 0 amide bonds. The van der Waals surface area contributed by atoms with Gasteiger partial charge < -0.3 is 9.47 Å². The summed E-state index contributed by atoms with van der Waals surface area (Å²) in [6.07, 6.45) is 5.28. The predicted molar refractivity (Wildman–Crippen MR) is 70.3 cm³/mol. The second-order valence-electron chi connectivity index (χ2n) is 7.37. The Labute approximate surface area is 115 Å². The fourth-order valence-corrected chi connectivity index (χ4v) is 3.26. The van der Waals surface area contributed by atoms with Crippen LogP contribution in [-0.2, 0) is 19.2 Å². The van der Waals surface area contributed by atoms with Crippen LogP contribution in [0.3, 0.4) is 0 Å². The third-order valence-electron chi connectivity index (χ3n) is 4.14. The van der Waals surface area contributed by atoms with Crippen LogP contribution in [0.1, 0.15) is 41.0 Å². The molecule has 4 aliphatic rings. The summed E-state index contributed by atoms with van der Waals surface area (Å²) < 4.78 is 12.3. The Bertz CT molecular complexity index is 382. The molecule has 0 unspecified atom stereocenters. The Morgan fingerprint density at radius 1 is 1.05 bits per heavy atom. The normalized spacial score (nSPS) is 44.8. The lowest BCUT2D eigenvalue weighted by Gasteiger charge is -2.42. The first-order chi connectivity index (χ1) is 8.76. The molecular weight excluding hydrogens is 244 g/mol. The molecule has 0 spiro atoms. The van der Waals surface area contributed by atoms with E-state index in [1.165, 1.54) is 0 Å². The average Bonchev–Trinajstić information content (AvgIpc) is 2.67. The highest BCUT2D eigenvalue weighted by Crippen LogP contribution is 2.45. The average molecular weight is 268 g/mol. The van der Waals surface area contributed by atoms with Gasteiger partial charge in [-0.3, -0.25) is 0 Å². The quantitative estimate of drug-likeness (QED) is 0.541. The number of hydrogen-bond acceptors (Lipinski definition) is 4. The van der Waals surface area contributed by atoms with Gasteiger partial charge in [0.2, 0.25) is 0 Å². The van der Waals surface area contributed by atoms with Crippen molar-refractivity contribution in [1.82, 2.24) is 0 Å². The zero-order valence-electron chi connectivity index (χ0n) is 12.4. The molecule has 0 N–H and O–H groups in total. The lowest BCUT2D eigenvalue weighted by atomic mass is 9.76. The molecule has 4 nitrogen and oxygen atoms in total. The van der Waals surface area contributed by atoms with E-state index in [0.717, 1.165) is 6.42 Å². The van der Waals surface area contributed by atoms with E-state index in [0.29, 0.717) is 5.92 Å². The van der Waals surface area contributed by atoms with Gasteiger partial charge in [-0.15, -0.1) is 0 Å². The molecule has 0 saturated carbocycles. The molecule has 2 fully saturated rings. The van der Waals surface area contributed by atoms with Gasteiger partial charge in [0.1, 0.15) is 12.2 Å². The van der Waals surface area contributed by atoms with Crippen LogP contribution in [0.15, 0.2) is 12.2 Å². The highest BCUT2D eigenvalue weighted by atomic mass is 17.2. The SMILES string of the molecule is CC1(C)O[C@@H]([C@H]2C[C@H]3C=C[C@@H]2OO3)[C@H](C(C)(C)C)O1. The molecule has 4 rings (SSSR count). The van der Waals surface area contributed by atoms with Crippen molar-refractivity contribution < 1.29 is 19.2 Å². The molecule has 0 aromatic carbocycles. The number of rotatable bonds is 1. The lowest BCUT2D eigenvalue weighted by molar-refractivity contribution is -0.380. The van der Waals surface area contributed by atoms with Crippen LogP contribution >= 0.6 is 0 Å². The van der Waals surface area contributed by atoms with Gasteiger partial charge in [-0.05, 0) is 25.7 Å². The van der Waals surface area contributed by atoms with Crippen LogP contribution in [-0.4, -0.2) is 30.2 Å². The van der Waals surface area contributed by atoms with Crippen LogP contribution in [0.25, 0.3) is 0 Å². The van der Waals surface area contributed by atoms with E-state index < -0.39 is 5.79 Å². The van der Waals surface area contributed by atoms with Crippen LogP contribution < -0.4 is 0 Å². The maximum absolute atomic E-state index is 6.19. The summed E-state index contributed by atoms with van der Waals surface area (Å²) in [5.41, 5.74) is 0.0414. The lowest BCUT2D eigenvalue weighted by Crippen LogP contribution is -2.49. The van der Waals surface area contributed by atoms with Crippen LogP contribution in [0.5, 0.6) is 0 Å². The molecular formula is C15H24O4. The number of ether oxygens (including phenoxy) is 2. The molecule has 0 aromatic heterocycles. The Morgan fingerprint density at radius 2 is 1.79 bits per heavy atom. The Balaban J connectivity index is 1.84. The molecule has 19 heavy (non-hydrogen) atoms. The van der Waals surface area contributed by atoms with Gasteiger partial charge in [0.05, 0.1) is 12.2 Å². The van der Waals surface area contributed by atoms with Crippen molar-refractivity contribution in [3.63, 3.8) is 0 Å². The first-order valence-corrected chi connectivity index (χ1v) is 7.12. The third kappa shape index (κ3) is 2.47. The largest absolute Gasteiger partial charge is 0.344 e. The molecule has 0 radical (unpaired) electrons. The van der Waals surface area contributed by atoms with E-state index in [4.69, 9.17) is 19.2 Å². The van der Waals surface area contributed by atoms with E-state index >= 15 is 0 Å². The van der Waals surface area contributed by atoms with Crippen molar-refractivity contribution in [2.24, 2.45) is 11.3 Å². The zero-order chi connectivity index (χ0) is 13.8. The van der Waals surface area contributed by atoms with Crippen molar-refractivity contribution in [2.75, 3.05) is 0 Å². The molecule has 5 atom stereocenters. The van der Waals surface area contributed by atoms with Crippen molar-refractivity contribution in [1.29, 1.82) is 0 Å². The smallest absolute Gasteiger partial charge is 0.163 e. The zero-order valence-corrected chi connectivity index (χ0v) is 12.4. The van der Waals surface area contributed by atoms with E-state index in [1.54, 1.807) is 0 Å². The summed E-state index contributed by atoms with van der Waals surface area (Å²) in [5.74, 6) is -0.223. The van der Waals surface area contributed by atoms with Crippen LogP contribution in [0, 0.1) is 11.3 Å². The maximum atomic E-state index is 6.19. The topological polar surface area (TPSA) is 36.9 Å². The second-order valence-corrected chi connectivity index (χ2v) is 7.37. The molecule has 108 valence electrons. The maximum Gasteiger partial charge on any atom is 0.163 e. The summed E-state index contributed by atoms with van der Waals surface area (Å²) in [6.45, 7) is 10.6. The minimum atomic E-state index is -0.524. The van der Waals surface area contributed by atoms with Gasteiger partial charge in [-0.25, -0.2) is 9.78 Å². The highest BCUT2D eigenvalue weighted by molar-refractivity contribution is 5.09. The van der Waals surface area contributed by atoms with Gasteiger partial charge in [0, 0.05) is 5.92 Å². The number of hydrogen-bond donors (Lipinski definition) is 0. The van der Waals surface area contributed by atoms with Crippen LogP contribution in [0.4, 0.5) is 0 Å². The van der Waals surface area contributed by atoms with E-state index in [2.05, 4.69) is 32.9 Å². The fraction of sp³-hybridized carbons (Fsp3) is 0.867. The first kappa shape index (κ1) is 13.6. The Morgan fingerprint density at radius 3 is 2.26 bits per heavy atom. The summed E-state index contributed by atoms with van der Waals surface area (Å²) in [6, 6.07) is 0. The van der Waals surface area contributed by atoms with E-state index in [-0.39, 0.29) is 29.8 Å². The standard InChI is InChI=1S/C15H24O4/c1-14(2,3)13-12(16-15(4,5)17-13)10-8-9-6-7-11(10)19-18-9/h6-7,9-13H,8H2,1-5H3/t9-,10+,11+,12+,13-/m1/s1. The second kappa shape index (κ2) is 4.29. The Hall–Kier alpha value is -0.420. The fourth-order valence-electron chi connectivity index (χ4n) is 3.26. The van der Waals surface area contributed by atoms with Crippen molar-refractivity contribution in [2.45, 2.75) is 71.2 Å². The summed E-state index contributed by atoms with van der Waals surface area (Å²) in [4.78, 5) is 10.7. The molecule has 2 bridgehead atoms. The third-order valence-corrected chi connectivity index (χ3v) is 4.14. The van der Waals surface area contributed by atoms with Gasteiger partial charge in [-0.2, -0.15) is 0 Å². The number of fused-ring (bicyclic) bond motifs is 2. The predicted octanol–water partition coefficient (Wildman–Crippen LogP) is 2.83. The molecule has 1 aliphatic carbocycles. The van der Waals surface area contributed by atoms with Crippen molar-refractivity contribution in [3.05, 3.63) is 12.2 Å². The molecule has 2 saturated heterocycles. The van der Waals surface area contributed by atoms with E-state index in [9.17, 15) is 0 Å². The van der Waals surface area contributed by atoms with Crippen molar-refractivity contribution in [3.8, 4) is 0 Å². The summed E-state index contributed by atoms with van der Waals surface area (Å²) in [7, 11) is 0. The van der Waals surface area contributed by atoms with Crippen molar-refractivity contribution >= 4 is 0 Å². The van der Waals surface area contributed by atoms with Gasteiger partial charge in [0.25, 0.3) is 0 Å². The monoisotopic (exact) mass is 268 g/mol.